The lowest BCUT2D eigenvalue weighted by Gasteiger charge is -2.42. The number of nitrogens with zero attached hydrogens (tertiary/aromatic N) is 2. The molecule has 2 aliphatic rings. The van der Waals surface area contributed by atoms with Crippen molar-refractivity contribution in [1.29, 1.82) is 0 Å². The molecular weight excluding hydrogens is 555 g/mol. The molecule has 0 saturated heterocycles. The molecule has 46 heavy (non-hydrogen) atoms. The second kappa shape index (κ2) is 8.38. The second-order valence-electron chi connectivity index (χ2n) is 13.7. The third-order valence-corrected chi connectivity index (χ3v) is 11.1. The monoisotopic (exact) mass is 584 g/mol. The van der Waals surface area contributed by atoms with Gasteiger partial charge in [-0.05, 0) is 57.8 Å². The van der Waals surface area contributed by atoms with E-state index >= 15 is 0 Å². The Hall–Kier alpha value is -5.54. The normalized spacial score (nSPS) is 14.4. The van der Waals surface area contributed by atoms with E-state index in [-0.39, 0.29) is 12.1 Å². The largest absolute Gasteiger partial charge is 0.310 e. The van der Waals surface area contributed by atoms with Gasteiger partial charge in [0.15, 0.2) is 0 Å². The summed E-state index contributed by atoms with van der Waals surface area (Å²) in [5.41, 5.74) is 14.7. The predicted molar refractivity (Wildman–Crippen MR) is 196 cm³/mol. The maximum atomic E-state index is 2.56. The smallest absolute Gasteiger partial charge is 0.247 e. The molecule has 0 bridgehead atoms. The van der Waals surface area contributed by atoms with Crippen molar-refractivity contribution in [1.82, 2.24) is 9.13 Å². The molecule has 0 saturated carbocycles. The fraction of sp³-hybridized carbons (Fsp3) is 0.0698. The lowest BCUT2D eigenvalue weighted by molar-refractivity contribution is 0.646. The van der Waals surface area contributed by atoms with Gasteiger partial charge < -0.3 is 9.13 Å². The molecule has 0 fully saturated rings. The minimum atomic E-state index is -0.181. The molecular formula is C43H29BN2. The number of benzene rings is 7. The van der Waals surface area contributed by atoms with Gasteiger partial charge in [-0.3, -0.25) is 0 Å². The Morgan fingerprint density at radius 1 is 0.478 bits per heavy atom. The number of para-hydroxylation sites is 3. The molecule has 214 valence electrons. The van der Waals surface area contributed by atoms with Gasteiger partial charge in [-0.1, -0.05) is 129 Å². The van der Waals surface area contributed by atoms with Gasteiger partial charge in [-0.2, -0.15) is 0 Å². The maximum absolute atomic E-state index is 2.56. The van der Waals surface area contributed by atoms with Crippen LogP contribution in [0.25, 0.3) is 65.8 Å². The highest BCUT2D eigenvalue weighted by atomic mass is 15.0. The van der Waals surface area contributed by atoms with E-state index in [1.807, 2.05) is 0 Å². The van der Waals surface area contributed by atoms with E-state index in [2.05, 4.69) is 163 Å². The zero-order chi connectivity index (χ0) is 30.3. The van der Waals surface area contributed by atoms with Gasteiger partial charge in [0.05, 0.1) is 16.6 Å². The van der Waals surface area contributed by atoms with E-state index in [0.29, 0.717) is 0 Å². The van der Waals surface area contributed by atoms with Crippen LogP contribution in [0.5, 0.6) is 0 Å². The molecule has 0 spiro atoms. The number of aromatic nitrogens is 2. The summed E-state index contributed by atoms with van der Waals surface area (Å²) in [6, 6.07) is 52.3. The SMILES string of the molecule is CC1(C)c2cc3c(cc2B2c4c(cccc41)-n1c4ccccc4c4cccc2c41)c1ccc2ccccc2c1n3-c1ccccc1. The van der Waals surface area contributed by atoms with Crippen LogP contribution in [0.15, 0.2) is 140 Å². The Bertz CT molecular complexity index is 2780. The summed E-state index contributed by atoms with van der Waals surface area (Å²) in [6.07, 6.45) is 0. The minimum Gasteiger partial charge on any atom is -0.310 e. The molecule has 0 aliphatic carbocycles. The Morgan fingerprint density at radius 3 is 2.11 bits per heavy atom. The summed E-state index contributed by atoms with van der Waals surface area (Å²) in [7, 11) is 0. The van der Waals surface area contributed by atoms with Gasteiger partial charge in [-0.25, -0.2) is 0 Å². The number of rotatable bonds is 1. The van der Waals surface area contributed by atoms with Crippen molar-refractivity contribution in [3.8, 4) is 11.4 Å². The average molecular weight is 585 g/mol. The Kier molecular flexibility index (Phi) is 4.51. The molecule has 0 N–H and O–H groups in total. The summed E-state index contributed by atoms with van der Waals surface area (Å²) in [5, 5.41) is 7.84. The molecule has 2 aliphatic heterocycles. The van der Waals surface area contributed by atoms with Crippen molar-refractivity contribution in [3.63, 3.8) is 0 Å². The average Bonchev–Trinajstić information content (AvgIpc) is 3.62. The third kappa shape index (κ3) is 2.86. The first kappa shape index (κ1) is 24.7. The highest BCUT2D eigenvalue weighted by molar-refractivity contribution is 6.99. The molecule has 0 radical (unpaired) electrons. The van der Waals surface area contributed by atoms with E-state index in [4.69, 9.17) is 0 Å². The zero-order valence-electron chi connectivity index (χ0n) is 25.8. The van der Waals surface area contributed by atoms with Gasteiger partial charge in [-0.15, -0.1) is 0 Å². The molecule has 7 aromatic carbocycles. The molecule has 2 aromatic heterocycles. The summed E-state index contributed by atoms with van der Waals surface area (Å²) in [4.78, 5) is 0. The van der Waals surface area contributed by atoms with Crippen LogP contribution >= 0.6 is 0 Å². The molecule has 3 heteroatoms. The fourth-order valence-electron chi connectivity index (χ4n) is 9.21. The molecule has 11 rings (SSSR count). The van der Waals surface area contributed by atoms with Crippen LogP contribution < -0.4 is 16.4 Å². The van der Waals surface area contributed by atoms with Crippen molar-refractivity contribution in [3.05, 3.63) is 151 Å². The van der Waals surface area contributed by atoms with Crippen LogP contribution in [0.4, 0.5) is 0 Å². The molecule has 0 unspecified atom stereocenters. The van der Waals surface area contributed by atoms with E-state index < -0.39 is 0 Å². The first-order valence-corrected chi connectivity index (χ1v) is 16.3. The molecule has 4 heterocycles. The van der Waals surface area contributed by atoms with E-state index in [1.54, 1.807) is 0 Å². The van der Waals surface area contributed by atoms with Gasteiger partial charge in [0.2, 0.25) is 6.71 Å². The lowest BCUT2D eigenvalue weighted by Crippen LogP contribution is -2.63. The molecule has 2 nitrogen and oxygen atoms in total. The van der Waals surface area contributed by atoms with Crippen molar-refractivity contribution < 1.29 is 0 Å². The van der Waals surface area contributed by atoms with Crippen molar-refractivity contribution >= 4 is 77.5 Å². The van der Waals surface area contributed by atoms with E-state index in [1.165, 1.54) is 93.3 Å². The van der Waals surface area contributed by atoms with Crippen molar-refractivity contribution in [2.24, 2.45) is 0 Å². The minimum absolute atomic E-state index is 0.162. The van der Waals surface area contributed by atoms with Crippen LogP contribution in [0.1, 0.15) is 25.0 Å². The zero-order valence-corrected chi connectivity index (χ0v) is 25.8. The van der Waals surface area contributed by atoms with Gasteiger partial charge in [0, 0.05) is 49.2 Å². The van der Waals surface area contributed by atoms with Gasteiger partial charge in [0.25, 0.3) is 0 Å². The summed E-state index contributed by atoms with van der Waals surface area (Å²) in [5.74, 6) is 0. The maximum Gasteiger partial charge on any atom is 0.247 e. The third-order valence-electron chi connectivity index (χ3n) is 11.1. The number of fused-ring (bicyclic) bond motifs is 12. The quantitative estimate of drug-likeness (QED) is 0.171. The van der Waals surface area contributed by atoms with E-state index in [0.717, 1.165) is 0 Å². The van der Waals surface area contributed by atoms with Crippen molar-refractivity contribution in [2.45, 2.75) is 19.3 Å². The first-order chi connectivity index (χ1) is 22.6. The first-order valence-electron chi connectivity index (χ1n) is 16.3. The molecule has 0 amide bonds. The fourth-order valence-corrected chi connectivity index (χ4v) is 9.21. The van der Waals surface area contributed by atoms with Crippen molar-refractivity contribution in [2.75, 3.05) is 0 Å². The number of hydrogen-bond acceptors (Lipinski definition) is 0. The van der Waals surface area contributed by atoms with Crippen LogP contribution in [0.2, 0.25) is 0 Å². The number of hydrogen-bond donors (Lipinski definition) is 0. The van der Waals surface area contributed by atoms with E-state index in [9.17, 15) is 0 Å². The molecule has 9 aromatic rings. The Labute approximate surface area is 267 Å². The summed E-state index contributed by atoms with van der Waals surface area (Å²) < 4.78 is 5.05. The van der Waals surface area contributed by atoms with Crippen LogP contribution in [0.3, 0.4) is 0 Å². The summed E-state index contributed by atoms with van der Waals surface area (Å²) in [6.45, 7) is 5.02. The predicted octanol–water partition coefficient (Wildman–Crippen LogP) is 8.50. The Morgan fingerprint density at radius 2 is 1.22 bits per heavy atom. The van der Waals surface area contributed by atoms with Crippen LogP contribution in [-0.4, -0.2) is 15.8 Å². The summed E-state index contributed by atoms with van der Waals surface area (Å²) >= 11 is 0. The lowest BCUT2D eigenvalue weighted by atomic mass is 9.30. The highest BCUT2D eigenvalue weighted by Gasteiger charge is 2.45. The second-order valence-corrected chi connectivity index (χ2v) is 13.7. The molecule has 0 atom stereocenters. The van der Waals surface area contributed by atoms with Gasteiger partial charge in [0.1, 0.15) is 0 Å². The van der Waals surface area contributed by atoms with Gasteiger partial charge >= 0.3 is 0 Å². The van der Waals surface area contributed by atoms with Crippen LogP contribution in [0, 0.1) is 0 Å². The topological polar surface area (TPSA) is 9.86 Å². The highest BCUT2D eigenvalue weighted by Crippen LogP contribution is 2.43. The van der Waals surface area contributed by atoms with Crippen LogP contribution in [-0.2, 0) is 5.41 Å². The Balaban J connectivity index is 1.33. The standard InChI is InChI=1S/C43H29BN2/c1-43(2)33-18-11-21-38-40(33)44(35-19-10-17-30-29-16-8-9-20-37(29)46(38)42(30)35)36-24-32-31-23-22-26-12-6-7-15-28(26)41(31)45(39(32)25-34(36)43)27-13-4-3-5-14-27/h3-25H,1-2H3.